The molecule has 708 valence electrons. The zero-order chi connectivity index (χ0) is 93.7. The molecule has 12 aromatic rings. The third-order valence-electron chi connectivity index (χ3n) is 26.1. The number of nitrogens with zero attached hydrogens (tertiary/aromatic N) is 20. The largest absolute Gasteiger partial charge is 0.381 e. The molecule has 4 N–H and O–H groups in total. The maximum Gasteiger partial charge on any atom is 0.264 e. The van der Waals surface area contributed by atoms with Gasteiger partial charge in [0.25, 0.3) is 6.43 Å². The number of carbonyl (C=O) groups is 4. The van der Waals surface area contributed by atoms with E-state index in [1.54, 1.807) is 77.1 Å². The molecule has 0 unspecified atom stereocenters. The van der Waals surface area contributed by atoms with Gasteiger partial charge in [0.15, 0.2) is 34.9 Å². The number of aromatic nitrogens is 16. The highest BCUT2D eigenvalue weighted by molar-refractivity contribution is 5.81. The molecular formula is C95H111F7N24O8. The van der Waals surface area contributed by atoms with Crippen molar-refractivity contribution in [2.24, 2.45) is 28.2 Å². The molecule has 2 atom stereocenters. The van der Waals surface area contributed by atoms with Gasteiger partial charge in [-0.15, -0.1) is 0 Å². The van der Waals surface area contributed by atoms with Crippen molar-refractivity contribution in [3.05, 3.63) is 190 Å². The van der Waals surface area contributed by atoms with Crippen LogP contribution in [0.1, 0.15) is 173 Å². The van der Waals surface area contributed by atoms with E-state index in [0.717, 1.165) is 131 Å². The van der Waals surface area contributed by atoms with Gasteiger partial charge in [-0.05, 0) is 104 Å². The Morgan fingerprint density at radius 2 is 0.679 bits per heavy atom. The van der Waals surface area contributed by atoms with E-state index in [1.165, 1.54) is 46.0 Å². The van der Waals surface area contributed by atoms with Crippen molar-refractivity contribution >= 4 is 69.6 Å². The van der Waals surface area contributed by atoms with Gasteiger partial charge in [0, 0.05) is 249 Å². The minimum atomic E-state index is -2.81. The summed E-state index contributed by atoms with van der Waals surface area (Å²) in [6, 6.07) is 16.1. The zero-order valence-corrected chi connectivity index (χ0v) is 76.3. The fraction of sp³-hybridized carbons (Fsp3) is 0.453. The number of aryl methyl sites for hydroxylation is 4. The fourth-order valence-electron chi connectivity index (χ4n) is 18.8. The first-order valence-electron chi connectivity index (χ1n) is 45.9. The summed E-state index contributed by atoms with van der Waals surface area (Å²) >= 11 is 0. The second kappa shape index (κ2) is 40.8. The van der Waals surface area contributed by atoms with Crippen molar-refractivity contribution in [3.8, 4) is 44.5 Å². The highest BCUT2D eigenvalue weighted by Gasteiger charge is 2.38. The first-order valence-corrected chi connectivity index (χ1v) is 45.9. The van der Waals surface area contributed by atoms with Crippen LogP contribution in [0.4, 0.5) is 76.8 Å². The summed E-state index contributed by atoms with van der Waals surface area (Å²) in [5.74, 6) is -0.950. The normalized spacial score (nSPS) is 17.3. The molecular weight excluding hydrogens is 1740 g/mol. The molecule has 4 saturated heterocycles. The number of rotatable bonds is 21. The lowest BCUT2D eigenvalue weighted by Crippen LogP contribution is -2.36. The Morgan fingerprint density at radius 3 is 1.01 bits per heavy atom. The maximum atomic E-state index is 15.2. The number of hydrogen-bond donors (Lipinski definition) is 4. The van der Waals surface area contributed by atoms with Crippen molar-refractivity contribution in [2.75, 3.05) is 100 Å². The third kappa shape index (κ3) is 20.0. The van der Waals surface area contributed by atoms with Crippen LogP contribution in [-0.4, -0.2) is 201 Å². The number of anilines is 8. The summed E-state index contributed by atoms with van der Waals surface area (Å²) in [6.07, 6.45) is 20.1. The topological polar surface area (TPSA) is 309 Å². The highest BCUT2D eigenvalue weighted by Crippen LogP contribution is 2.43. The van der Waals surface area contributed by atoms with E-state index in [4.69, 9.17) is 39.3 Å². The number of amides is 4. The van der Waals surface area contributed by atoms with Crippen LogP contribution in [0, 0.1) is 29.1 Å². The molecule has 20 rings (SSSR count). The monoisotopic (exact) mass is 1850 g/mol. The summed E-state index contributed by atoms with van der Waals surface area (Å²) in [7, 11) is 7.05. The first-order chi connectivity index (χ1) is 64.9. The summed E-state index contributed by atoms with van der Waals surface area (Å²) in [6.45, 7) is 16.9. The second-order valence-electron chi connectivity index (χ2n) is 34.8. The molecule has 0 bridgehead atoms. The maximum absolute atomic E-state index is 15.2. The summed E-state index contributed by atoms with van der Waals surface area (Å²) < 4.78 is 140. The van der Waals surface area contributed by atoms with Gasteiger partial charge in [0.1, 0.15) is 17.5 Å². The van der Waals surface area contributed by atoms with Crippen LogP contribution in [-0.2, 0) is 118 Å². The minimum Gasteiger partial charge on any atom is -0.381 e. The molecule has 0 saturated carbocycles. The number of benzene rings is 4. The SMILES string of the molecule is CCC(=O)N1CCc2c(c(Nc3cc(C(F)F)c(-c4cnn(C)c4)cc3F)nn2[C@H]2CCOC2)C1.CCC(=O)N1CCc2c(c(Nc3ccc(-c4cnn(C)c4)c(F)c3F)nn2C2CCOCC2)C1.CCC(=O)N1CCc2c(c(Nc3ccc(-c4cnn(C)c4)cc3F)nn2C2CCOCC2)C1.CCC(=O)N1CCc2c(c(Nc3ccc(-c4cnn(C)c4)cc3F)nn2[C@H]2CCOC2)C1. The molecule has 0 aliphatic carbocycles. The van der Waals surface area contributed by atoms with E-state index in [-0.39, 0.29) is 87.5 Å². The van der Waals surface area contributed by atoms with Crippen molar-refractivity contribution in [3.63, 3.8) is 0 Å². The van der Waals surface area contributed by atoms with Gasteiger partial charge >= 0.3 is 0 Å². The lowest BCUT2D eigenvalue weighted by Gasteiger charge is -2.30. The van der Waals surface area contributed by atoms with Gasteiger partial charge in [-0.1, -0.05) is 39.8 Å². The van der Waals surface area contributed by atoms with Crippen molar-refractivity contribution in [1.82, 2.24) is 97.8 Å². The first kappa shape index (κ1) is 92.8. The van der Waals surface area contributed by atoms with E-state index < -0.39 is 23.9 Å². The number of nitrogens with one attached hydrogen (secondary N) is 4. The van der Waals surface area contributed by atoms with Crippen LogP contribution in [0.5, 0.6) is 0 Å². The van der Waals surface area contributed by atoms with Crippen LogP contribution >= 0.6 is 0 Å². The Morgan fingerprint density at radius 1 is 0.366 bits per heavy atom. The van der Waals surface area contributed by atoms with Gasteiger partial charge in [0.2, 0.25) is 23.6 Å². The molecule has 32 nitrogen and oxygen atoms in total. The molecule has 16 heterocycles. The van der Waals surface area contributed by atoms with Crippen LogP contribution in [0.15, 0.2) is 110 Å². The Hall–Kier alpha value is -13.0. The minimum absolute atomic E-state index is 0.00325. The van der Waals surface area contributed by atoms with Crippen molar-refractivity contribution in [2.45, 2.75) is 174 Å². The zero-order valence-electron chi connectivity index (χ0n) is 76.3. The van der Waals surface area contributed by atoms with E-state index in [0.29, 0.717) is 190 Å². The summed E-state index contributed by atoms with van der Waals surface area (Å²) in [5.41, 5.74) is 12.5. The highest BCUT2D eigenvalue weighted by atomic mass is 19.3. The van der Waals surface area contributed by atoms with Crippen LogP contribution in [0.2, 0.25) is 0 Å². The number of alkyl halides is 2. The molecule has 134 heavy (non-hydrogen) atoms. The molecule has 8 aromatic heterocycles. The van der Waals surface area contributed by atoms with Crippen molar-refractivity contribution in [1.29, 1.82) is 0 Å². The molecule has 4 fully saturated rings. The molecule has 4 aromatic carbocycles. The van der Waals surface area contributed by atoms with Crippen molar-refractivity contribution < 1.29 is 68.9 Å². The Bertz CT molecular complexity index is 6260. The molecule has 39 heteroatoms. The van der Waals surface area contributed by atoms with Gasteiger partial charge in [0.05, 0.1) is 111 Å². The second-order valence-corrected chi connectivity index (χ2v) is 34.8. The average molecular weight is 1850 g/mol. The quantitative estimate of drug-likeness (QED) is 0.0486. The predicted octanol–water partition coefficient (Wildman–Crippen LogP) is 15.5. The predicted molar refractivity (Wildman–Crippen MR) is 486 cm³/mol. The Kier molecular flexibility index (Phi) is 28.3. The summed E-state index contributed by atoms with van der Waals surface area (Å²) in [4.78, 5) is 56.7. The number of hydrogen-bond acceptors (Lipinski definition) is 20. The number of carbonyl (C=O) groups excluding carboxylic acids is 4. The van der Waals surface area contributed by atoms with Gasteiger partial charge < -0.3 is 59.8 Å². The molecule has 8 aliphatic rings. The van der Waals surface area contributed by atoms with Gasteiger partial charge in [-0.25, -0.2) is 30.7 Å². The number of halogens is 7. The van der Waals surface area contributed by atoms with Crippen LogP contribution < -0.4 is 21.3 Å². The van der Waals surface area contributed by atoms with E-state index in [9.17, 15) is 32.3 Å². The third-order valence-corrected chi connectivity index (χ3v) is 26.1. The van der Waals surface area contributed by atoms with E-state index in [1.807, 2.05) is 83.2 Å². The standard InChI is InChI=1S/C24H27F3N6O2.C24H28F2N6O2.C24H29FN6O2.C23H27FN6O2/c1-3-22(34)32-6-4-21-18(12-32)24(30-33(21)15-5-7-35-13-15)29-20-9-17(23(26)27)16(8-19(20)25)14-10-28-31(2)11-14;1-3-21(33)31-9-6-20-18(14-31)24(29-32(20)16-7-10-34-11-8-16)28-19-5-4-17(22(25)23(19)26)15-12-27-30(2)13-15;1-3-23(32)30-9-6-22-19(15-30)24(28-31(22)18-7-10-33-11-8-18)27-21-5-4-16(12-20(21)25)17-13-26-29(2)14-17;1-3-22(31)29-8-6-21-18(13-29)23(27-30(21)17-7-9-32-14-17)26-20-5-4-15(10-19(20)24)16-11-25-28(2)12-16/h8-11,15,23H,3-7,12-13H2,1-2H3,(H,29,30);4-5,12-13,16H,3,6-11,14H2,1-2H3,(H,28,29);4-5,12-14,18H,3,6-11,15H2,1-2H3,(H,27,28);4-5,10-12,17H,3,6-9,13-14H2,1-2H3,(H,26,27)/t15-;;;17-/m0..0/s1. The fourth-order valence-corrected chi connectivity index (χ4v) is 18.8. The van der Waals surface area contributed by atoms with Gasteiger partial charge in [-0.2, -0.15) is 40.8 Å². The lowest BCUT2D eigenvalue weighted by molar-refractivity contribution is -0.132. The molecule has 8 aliphatic heterocycles. The van der Waals surface area contributed by atoms with E-state index >= 15 is 17.6 Å². The van der Waals surface area contributed by atoms with E-state index in [2.05, 4.69) is 46.3 Å². The molecule has 0 spiro atoms. The lowest BCUT2D eigenvalue weighted by atomic mass is 10.0. The van der Waals surface area contributed by atoms with Gasteiger partial charge in [-0.3, -0.25) is 56.6 Å². The molecule has 0 radical (unpaired) electrons. The van der Waals surface area contributed by atoms with Crippen LogP contribution in [0.3, 0.4) is 0 Å². The Labute approximate surface area is 770 Å². The smallest absolute Gasteiger partial charge is 0.264 e. The van der Waals surface area contributed by atoms with Crippen LogP contribution in [0.25, 0.3) is 44.5 Å². The number of fused-ring (bicyclic) bond motifs is 4. The number of ether oxygens (including phenoxy) is 4. The summed E-state index contributed by atoms with van der Waals surface area (Å²) in [5, 5.41) is 48.0. The average Bonchev–Trinajstić information content (AvgIpc) is 1.62. The Balaban J connectivity index is 0.000000124. The molecule has 4 amide bonds.